The zero-order chi connectivity index (χ0) is 18.7. The third kappa shape index (κ3) is 3.03. The van der Waals surface area contributed by atoms with Gasteiger partial charge in [-0.3, -0.25) is 10.1 Å². The summed E-state index contributed by atoms with van der Waals surface area (Å²) in [6.07, 6.45) is 0. The molecule has 7 heteroatoms. The topological polar surface area (TPSA) is 74.6 Å². The molecule has 136 valence electrons. The van der Waals surface area contributed by atoms with Crippen LogP contribution in [0.25, 0.3) is 11.0 Å². The molecule has 0 saturated carbocycles. The van der Waals surface area contributed by atoms with E-state index in [1.165, 1.54) is 21.3 Å². The lowest BCUT2D eigenvalue weighted by Gasteiger charge is -2.14. The second-order valence-corrected chi connectivity index (χ2v) is 5.54. The van der Waals surface area contributed by atoms with Gasteiger partial charge in [0.25, 0.3) is 5.91 Å². The van der Waals surface area contributed by atoms with E-state index in [4.69, 9.17) is 14.2 Å². The van der Waals surface area contributed by atoms with Gasteiger partial charge in [0.1, 0.15) is 0 Å². The number of hydrogen-bond acceptors (Lipinski definition) is 5. The molecule has 3 rings (SSSR count). The van der Waals surface area contributed by atoms with Crippen molar-refractivity contribution in [3.8, 4) is 17.2 Å². The first-order chi connectivity index (χ1) is 12.6. The number of hydrogen-bond donors (Lipinski definition) is 1. The van der Waals surface area contributed by atoms with Crippen LogP contribution in [0.15, 0.2) is 36.4 Å². The lowest BCUT2D eigenvalue weighted by molar-refractivity contribution is 0.102. The van der Waals surface area contributed by atoms with Crippen LogP contribution in [0.5, 0.6) is 17.2 Å². The zero-order valence-corrected chi connectivity index (χ0v) is 15.2. The van der Waals surface area contributed by atoms with Gasteiger partial charge in [0, 0.05) is 12.1 Å². The third-order valence-corrected chi connectivity index (χ3v) is 4.12. The highest BCUT2D eigenvalue weighted by Crippen LogP contribution is 2.38. The summed E-state index contributed by atoms with van der Waals surface area (Å²) in [5, 5.41) is 2.87. The molecule has 0 spiro atoms. The molecule has 3 aromatic rings. The Hall–Kier alpha value is -3.22. The normalized spacial score (nSPS) is 10.6. The molecule has 26 heavy (non-hydrogen) atoms. The van der Waals surface area contributed by atoms with Crippen molar-refractivity contribution in [2.75, 3.05) is 26.6 Å². The number of carbonyl (C=O) groups is 1. The Kier molecular flexibility index (Phi) is 4.97. The van der Waals surface area contributed by atoms with E-state index in [9.17, 15) is 4.79 Å². The first-order valence-corrected chi connectivity index (χ1v) is 8.19. The summed E-state index contributed by atoms with van der Waals surface area (Å²) in [5.74, 6) is 1.45. The Morgan fingerprint density at radius 2 is 1.73 bits per heavy atom. The molecule has 0 atom stereocenters. The summed E-state index contributed by atoms with van der Waals surface area (Å²) in [4.78, 5) is 17.3. The number of ether oxygens (including phenoxy) is 3. The van der Waals surface area contributed by atoms with Crippen molar-refractivity contribution in [2.45, 2.75) is 13.5 Å². The van der Waals surface area contributed by atoms with Gasteiger partial charge < -0.3 is 18.8 Å². The van der Waals surface area contributed by atoms with Crippen molar-refractivity contribution < 1.29 is 19.0 Å². The maximum atomic E-state index is 12.8. The van der Waals surface area contributed by atoms with E-state index in [1.54, 1.807) is 12.1 Å². The van der Waals surface area contributed by atoms with Gasteiger partial charge in [0.15, 0.2) is 11.5 Å². The zero-order valence-electron chi connectivity index (χ0n) is 15.2. The van der Waals surface area contributed by atoms with Crippen LogP contribution in [-0.4, -0.2) is 36.8 Å². The number of anilines is 1. The van der Waals surface area contributed by atoms with E-state index < -0.39 is 0 Å². The second kappa shape index (κ2) is 7.35. The Morgan fingerprint density at radius 3 is 2.31 bits per heavy atom. The fraction of sp³-hybridized carbons (Fsp3) is 0.263. The first-order valence-electron chi connectivity index (χ1n) is 8.19. The SMILES string of the molecule is CCn1c(NC(=O)c2cc(OC)c(OC)c(OC)c2)nc2ccccc21. The quantitative estimate of drug-likeness (QED) is 0.734. The molecule has 1 amide bonds. The van der Waals surface area contributed by atoms with Gasteiger partial charge in [0.05, 0.1) is 32.4 Å². The predicted molar refractivity (Wildman–Crippen MR) is 99.5 cm³/mol. The molecule has 0 fully saturated rings. The van der Waals surface area contributed by atoms with Crippen LogP contribution in [0.4, 0.5) is 5.95 Å². The summed E-state index contributed by atoms with van der Waals surface area (Å²) in [5.41, 5.74) is 2.18. The monoisotopic (exact) mass is 355 g/mol. The molecule has 1 N–H and O–H groups in total. The van der Waals surface area contributed by atoms with Crippen LogP contribution in [0.2, 0.25) is 0 Å². The molecule has 0 radical (unpaired) electrons. The average molecular weight is 355 g/mol. The largest absolute Gasteiger partial charge is 0.493 e. The number of para-hydroxylation sites is 2. The number of rotatable bonds is 6. The molecular formula is C19H21N3O4. The number of aromatic nitrogens is 2. The molecule has 0 unspecified atom stereocenters. The van der Waals surface area contributed by atoms with Crippen LogP contribution >= 0.6 is 0 Å². The van der Waals surface area contributed by atoms with Gasteiger partial charge in [-0.1, -0.05) is 12.1 Å². The van der Waals surface area contributed by atoms with Crippen LogP contribution in [0.1, 0.15) is 17.3 Å². The number of amides is 1. The van der Waals surface area contributed by atoms with Crippen molar-refractivity contribution in [2.24, 2.45) is 0 Å². The van der Waals surface area contributed by atoms with Crippen LogP contribution < -0.4 is 19.5 Å². The number of methoxy groups -OCH3 is 3. The standard InChI is InChI=1S/C19H21N3O4/c1-5-22-14-9-7-6-8-13(14)20-19(22)21-18(23)12-10-15(24-2)17(26-4)16(11-12)25-3/h6-11H,5H2,1-4H3,(H,20,21,23). The summed E-state index contributed by atoms with van der Waals surface area (Å²) in [7, 11) is 4.54. The average Bonchev–Trinajstić information content (AvgIpc) is 3.03. The number of nitrogens with one attached hydrogen (secondary N) is 1. The fourth-order valence-corrected chi connectivity index (χ4v) is 2.88. The molecule has 0 bridgehead atoms. The lowest BCUT2D eigenvalue weighted by Crippen LogP contribution is -2.16. The van der Waals surface area contributed by atoms with Gasteiger partial charge in [-0.25, -0.2) is 4.98 Å². The molecule has 1 heterocycles. The number of imidazole rings is 1. The molecular weight excluding hydrogens is 334 g/mol. The number of fused-ring (bicyclic) bond motifs is 1. The number of benzene rings is 2. The second-order valence-electron chi connectivity index (χ2n) is 5.54. The molecule has 0 aliphatic carbocycles. The molecule has 0 saturated heterocycles. The summed E-state index contributed by atoms with van der Waals surface area (Å²) in [6, 6.07) is 11.0. The van der Waals surface area contributed by atoms with Crippen molar-refractivity contribution >= 4 is 22.9 Å². The van der Waals surface area contributed by atoms with Gasteiger partial charge in [-0.15, -0.1) is 0 Å². The Labute approximate surface area is 151 Å². The lowest BCUT2D eigenvalue weighted by atomic mass is 10.1. The van der Waals surface area contributed by atoms with Crippen LogP contribution in [0, 0.1) is 0 Å². The summed E-state index contributed by atoms with van der Waals surface area (Å²) in [6.45, 7) is 2.69. The van der Waals surface area contributed by atoms with E-state index in [2.05, 4.69) is 10.3 Å². The van der Waals surface area contributed by atoms with E-state index in [-0.39, 0.29) is 5.91 Å². The van der Waals surface area contributed by atoms with Crippen molar-refractivity contribution in [1.29, 1.82) is 0 Å². The van der Waals surface area contributed by atoms with Crippen molar-refractivity contribution in [1.82, 2.24) is 9.55 Å². The minimum Gasteiger partial charge on any atom is -0.493 e. The van der Waals surface area contributed by atoms with Gasteiger partial charge in [-0.05, 0) is 31.2 Å². The molecule has 1 aromatic heterocycles. The number of nitrogens with zero attached hydrogens (tertiary/aromatic N) is 2. The molecule has 0 aliphatic heterocycles. The van der Waals surface area contributed by atoms with Crippen molar-refractivity contribution in [3.05, 3.63) is 42.0 Å². The smallest absolute Gasteiger partial charge is 0.258 e. The third-order valence-electron chi connectivity index (χ3n) is 4.12. The highest BCUT2D eigenvalue weighted by Gasteiger charge is 2.19. The summed E-state index contributed by atoms with van der Waals surface area (Å²) >= 11 is 0. The first kappa shape index (κ1) is 17.6. The molecule has 2 aromatic carbocycles. The predicted octanol–water partition coefficient (Wildman–Crippen LogP) is 3.33. The van der Waals surface area contributed by atoms with Gasteiger partial charge in [-0.2, -0.15) is 0 Å². The van der Waals surface area contributed by atoms with Gasteiger partial charge >= 0.3 is 0 Å². The van der Waals surface area contributed by atoms with E-state index >= 15 is 0 Å². The minimum atomic E-state index is -0.311. The van der Waals surface area contributed by atoms with Gasteiger partial charge in [0.2, 0.25) is 11.7 Å². The maximum absolute atomic E-state index is 12.8. The highest BCUT2D eigenvalue weighted by molar-refractivity contribution is 6.05. The highest BCUT2D eigenvalue weighted by atomic mass is 16.5. The van der Waals surface area contributed by atoms with E-state index in [0.29, 0.717) is 35.3 Å². The van der Waals surface area contributed by atoms with E-state index in [1.807, 2.05) is 35.8 Å². The fourth-order valence-electron chi connectivity index (χ4n) is 2.88. The minimum absolute atomic E-state index is 0.311. The summed E-state index contributed by atoms with van der Waals surface area (Å²) < 4.78 is 17.9. The van der Waals surface area contributed by atoms with Crippen molar-refractivity contribution in [3.63, 3.8) is 0 Å². The van der Waals surface area contributed by atoms with E-state index in [0.717, 1.165) is 11.0 Å². The maximum Gasteiger partial charge on any atom is 0.258 e. The Morgan fingerprint density at radius 1 is 1.08 bits per heavy atom. The molecule has 7 nitrogen and oxygen atoms in total. The number of aryl methyl sites for hydroxylation is 1. The Balaban J connectivity index is 1.98. The van der Waals surface area contributed by atoms with Crippen LogP contribution in [0.3, 0.4) is 0 Å². The molecule has 0 aliphatic rings. The number of carbonyl (C=O) groups excluding carboxylic acids is 1. The Bertz CT molecular complexity index is 924. The van der Waals surface area contributed by atoms with Crippen LogP contribution in [-0.2, 0) is 6.54 Å².